The highest BCUT2D eigenvalue weighted by Gasteiger charge is 2.39. The van der Waals surface area contributed by atoms with E-state index in [1.165, 1.54) is 15.4 Å². The molecule has 3 heterocycles. The zero-order chi connectivity index (χ0) is 25.4. The molecule has 5 rings (SSSR count). The third-order valence-electron chi connectivity index (χ3n) is 7.21. The maximum Gasteiger partial charge on any atom is 0.277 e. The number of anilines is 1. The van der Waals surface area contributed by atoms with Gasteiger partial charge in [0.25, 0.3) is 5.56 Å². The first-order valence-corrected chi connectivity index (χ1v) is 12.7. The predicted octanol–water partition coefficient (Wildman–Crippen LogP) is 3.05. The molecule has 0 radical (unpaired) electrons. The highest BCUT2D eigenvalue weighted by atomic mass is 35.5. The monoisotopic (exact) mass is 511 g/mol. The van der Waals surface area contributed by atoms with Gasteiger partial charge in [0.1, 0.15) is 11.8 Å². The zero-order valence-electron chi connectivity index (χ0n) is 20.2. The van der Waals surface area contributed by atoms with Gasteiger partial charge in [0.2, 0.25) is 11.8 Å². The summed E-state index contributed by atoms with van der Waals surface area (Å²) in [6, 6.07) is 9.01. The van der Waals surface area contributed by atoms with Crippen LogP contribution in [0.5, 0.6) is 0 Å². The lowest BCUT2D eigenvalue weighted by molar-refractivity contribution is -0.137. The molecule has 1 saturated carbocycles. The van der Waals surface area contributed by atoms with E-state index in [0.717, 1.165) is 18.4 Å². The summed E-state index contributed by atoms with van der Waals surface area (Å²) < 4.78 is 2.83. The van der Waals surface area contributed by atoms with Crippen LogP contribution in [0, 0.1) is 5.92 Å². The van der Waals surface area contributed by atoms with Gasteiger partial charge >= 0.3 is 0 Å². The Hall–Kier alpha value is -3.17. The quantitative estimate of drug-likeness (QED) is 0.507. The molecule has 2 N–H and O–H groups in total. The van der Waals surface area contributed by atoms with Gasteiger partial charge in [-0.15, -0.1) is 0 Å². The van der Waals surface area contributed by atoms with Gasteiger partial charge < -0.3 is 15.3 Å². The Bertz CT molecular complexity index is 1340. The molecule has 1 atom stereocenters. The SMILES string of the molecule is CC(CC(=O)Nc1cc2c(=O)n(CC3(O)CCN(C(=O)C4CC4)CC3)cnn2c1)c1ccc(Cl)cc1. The molecule has 1 aliphatic carbocycles. The summed E-state index contributed by atoms with van der Waals surface area (Å²) in [6.45, 7) is 3.06. The van der Waals surface area contributed by atoms with Gasteiger partial charge in [-0.1, -0.05) is 30.7 Å². The van der Waals surface area contributed by atoms with Crippen LogP contribution in [0.15, 0.2) is 47.7 Å². The van der Waals surface area contributed by atoms with Crippen LogP contribution < -0.4 is 10.9 Å². The summed E-state index contributed by atoms with van der Waals surface area (Å²) in [4.78, 5) is 39.8. The third kappa shape index (κ3) is 5.32. The molecule has 3 aromatic rings. The number of piperidine rings is 1. The number of likely N-dealkylation sites (tertiary alicyclic amines) is 1. The van der Waals surface area contributed by atoms with Gasteiger partial charge in [0, 0.05) is 30.5 Å². The largest absolute Gasteiger partial charge is 0.388 e. The van der Waals surface area contributed by atoms with Crippen LogP contribution in [0.1, 0.15) is 50.5 Å². The van der Waals surface area contributed by atoms with Crippen LogP contribution in [0.25, 0.3) is 5.52 Å². The van der Waals surface area contributed by atoms with Crippen LogP contribution in [0.2, 0.25) is 5.02 Å². The number of benzene rings is 1. The summed E-state index contributed by atoms with van der Waals surface area (Å²) in [5, 5.41) is 18.9. The van der Waals surface area contributed by atoms with Crippen LogP contribution in [-0.4, -0.2) is 54.7 Å². The van der Waals surface area contributed by atoms with E-state index in [1.807, 2.05) is 24.0 Å². The number of nitrogens with zero attached hydrogens (tertiary/aromatic N) is 4. The van der Waals surface area contributed by atoms with Crippen molar-refractivity contribution in [2.75, 3.05) is 18.4 Å². The van der Waals surface area contributed by atoms with E-state index >= 15 is 0 Å². The number of carbonyl (C=O) groups is 2. The number of aliphatic hydroxyl groups is 1. The van der Waals surface area contributed by atoms with E-state index in [1.54, 1.807) is 24.4 Å². The van der Waals surface area contributed by atoms with E-state index < -0.39 is 5.60 Å². The number of hydrogen-bond acceptors (Lipinski definition) is 5. The Balaban J connectivity index is 1.23. The Kier molecular flexibility index (Phi) is 6.61. The Labute approximate surface area is 213 Å². The molecule has 36 heavy (non-hydrogen) atoms. The Morgan fingerprint density at radius 2 is 1.92 bits per heavy atom. The highest BCUT2D eigenvalue weighted by molar-refractivity contribution is 6.30. The second kappa shape index (κ2) is 9.71. The van der Waals surface area contributed by atoms with Crippen molar-refractivity contribution in [3.05, 3.63) is 63.8 Å². The van der Waals surface area contributed by atoms with Crippen LogP contribution >= 0.6 is 11.6 Å². The molecule has 190 valence electrons. The van der Waals surface area contributed by atoms with Gasteiger partial charge in [-0.3, -0.25) is 19.0 Å². The maximum atomic E-state index is 13.1. The molecule has 1 unspecified atom stereocenters. The molecule has 0 bridgehead atoms. The van der Waals surface area contributed by atoms with Gasteiger partial charge in [-0.2, -0.15) is 5.10 Å². The van der Waals surface area contributed by atoms with Crippen molar-refractivity contribution in [1.82, 2.24) is 19.1 Å². The van der Waals surface area contributed by atoms with Crippen LogP contribution in [0.4, 0.5) is 5.69 Å². The summed E-state index contributed by atoms with van der Waals surface area (Å²) in [5.74, 6) is 0.176. The molecule has 0 spiro atoms. The molecule has 1 saturated heterocycles. The second-order valence-corrected chi connectivity index (χ2v) is 10.6. The van der Waals surface area contributed by atoms with E-state index in [0.29, 0.717) is 42.2 Å². The first kappa shape index (κ1) is 24.5. The van der Waals surface area contributed by atoms with Crippen molar-refractivity contribution < 1.29 is 14.7 Å². The Morgan fingerprint density at radius 3 is 2.58 bits per heavy atom. The lowest BCUT2D eigenvalue weighted by Gasteiger charge is -2.38. The molecule has 1 aliphatic heterocycles. The predicted molar refractivity (Wildman–Crippen MR) is 136 cm³/mol. The average molecular weight is 512 g/mol. The van der Waals surface area contributed by atoms with Crippen LogP contribution in [-0.2, 0) is 16.1 Å². The Morgan fingerprint density at radius 1 is 1.22 bits per heavy atom. The van der Waals surface area contributed by atoms with Crippen molar-refractivity contribution in [3.63, 3.8) is 0 Å². The fraction of sp³-hybridized carbons (Fsp3) is 0.462. The highest BCUT2D eigenvalue weighted by Crippen LogP contribution is 2.33. The molecule has 2 fully saturated rings. The number of hydrogen-bond donors (Lipinski definition) is 2. The number of halogens is 1. The third-order valence-corrected chi connectivity index (χ3v) is 7.46. The summed E-state index contributed by atoms with van der Waals surface area (Å²) in [6.07, 6.45) is 6.03. The number of aromatic nitrogens is 3. The van der Waals surface area contributed by atoms with Gasteiger partial charge in [-0.05, 0) is 55.4 Å². The normalized spacial score (nSPS) is 18.2. The molecular formula is C26H30ClN5O4. The minimum atomic E-state index is -1.08. The minimum Gasteiger partial charge on any atom is -0.388 e. The van der Waals surface area contributed by atoms with Crippen LogP contribution in [0.3, 0.4) is 0 Å². The standard InChI is InChI=1S/C26H30ClN5O4/c1-17(18-4-6-20(27)7-5-18)12-23(33)29-21-13-22-25(35)31(16-28-32(22)14-21)15-26(36)8-10-30(11-9-26)24(34)19-2-3-19/h4-7,13-14,16-17,19,36H,2-3,8-12,15H2,1H3,(H,29,33). The molecule has 2 aliphatic rings. The fourth-order valence-corrected chi connectivity index (χ4v) is 4.94. The zero-order valence-corrected chi connectivity index (χ0v) is 20.9. The van der Waals surface area contributed by atoms with Gasteiger partial charge in [0.15, 0.2) is 0 Å². The molecule has 9 nitrogen and oxygen atoms in total. The maximum absolute atomic E-state index is 13.1. The topological polar surface area (TPSA) is 109 Å². The molecule has 10 heteroatoms. The van der Waals surface area contributed by atoms with Gasteiger partial charge in [-0.25, -0.2) is 4.52 Å². The lowest BCUT2D eigenvalue weighted by Crippen LogP contribution is -2.50. The summed E-state index contributed by atoms with van der Waals surface area (Å²) in [7, 11) is 0. The fourth-order valence-electron chi connectivity index (χ4n) is 4.81. The molecule has 1 aromatic carbocycles. The molecule has 2 amide bonds. The van der Waals surface area contributed by atoms with E-state index in [4.69, 9.17) is 11.6 Å². The average Bonchev–Trinajstić information content (AvgIpc) is 3.61. The van der Waals surface area contributed by atoms with Crippen molar-refractivity contribution in [1.29, 1.82) is 0 Å². The number of carbonyl (C=O) groups excluding carboxylic acids is 2. The van der Waals surface area contributed by atoms with Crippen molar-refractivity contribution >= 4 is 34.6 Å². The lowest BCUT2D eigenvalue weighted by atomic mass is 9.91. The first-order valence-electron chi connectivity index (χ1n) is 12.4. The van der Waals surface area contributed by atoms with E-state index in [-0.39, 0.29) is 42.2 Å². The smallest absolute Gasteiger partial charge is 0.277 e. The van der Waals surface area contributed by atoms with Gasteiger partial charge in [0.05, 0.1) is 24.0 Å². The number of rotatable bonds is 7. The summed E-state index contributed by atoms with van der Waals surface area (Å²) in [5.41, 5.74) is 0.428. The molecule has 2 aromatic heterocycles. The molecular weight excluding hydrogens is 482 g/mol. The van der Waals surface area contributed by atoms with E-state index in [2.05, 4.69) is 10.4 Å². The second-order valence-electron chi connectivity index (χ2n) is 10.2. The van der Waals surface area contributed by atoms with Crippen molar-refractivity contribution in [2.24, 2.45) is 5.92 Å². The minimum absolute atomic E-state index is 0.00128. The number of nitrogens with one attached hydrogen (secondary N) is 1. The number of amides is 2. The van der Waals surface area contributed by atoms with E-state index in [9.17, 15) is 19.5 Å². The number of fused-ring (bicyclic) bond motifs is 1. The first-order chi connectivity index (χ1) is 17.2. The van der Waals surface area contributed by atoms with Crippen molar-refractivity contribution in [2.45, 2.75) is 57.1 Å². The summed E-state index contributed by atoms with van der Waals surface area (Å²) >= 11 is 5.94. The van der Waals surface area contributed by atoms with Crippen molar-refractivity contribution in [3.8, 4) is 0 Å².